The van der Waals surface area contributed by atoms with Crippen LogP contribution in [0.1, 0.15) is 39.0 Å². The van der Waals surface area contributed by atoms with Gasteiger partial charge in [-0.3, -0.25) is 0 Å². The quantitative estimate of drug-likeness (QED) is 0.565. The molecule has 68 valence electrons. The molecule has 0 aliphatic heterocycles. The van der Waals surface area contributed by atoms with Gasteiger partial charge in [-0.1, -0.05) is 25.2 Å². The van der Waals surface area contributed by atoms with Crippen LogP contribution in [-0.4, -0.2) is 0 Å². The second kappa shape index (κ2) is 2.37. The fourth-order valence-electron chi connectivity index (χ4n) is 2.55. The first-order chi connectivity index (χ1) is 6.30. The first kappa shape index (κ1) is 7.61. The van der Waals surface area contributed by atoms with E-state index in [0.717, 1.165) is 0 Å². The zero-order chi connectivity index (χ0) is 8.89. The third-order valence-corrected chi connectivity index (χ3v) is 3.72. The Bertz CT molecular complexity index is 335. The minimum atomic E-state index is 0.568. The van der Waals surface area contributed by atoms with E-state index in [1.165, 1.54) is 32.1 Å². The van der Waals surface area contributed by atoms with Gasteiger partial charge in [-0.25, -0.2) is 0 Å². The first-order valence-electron chi connectivity index (χ1n) is 5.40. The summed E-state index contributed by atoms with van der Waals surface area (Å²) in [5.41, 5.74) is 5.44. The Balaban J connectivity index is 1.99. The molecule has 0 heterocycles. The minimum Gasteiger partial charge on any atom is -0.0801 e. The van der Waals surface area contributed by atoms with Crippen LogP contribution in [0.25, 0.3) is 0 Å². The van der Waals surface area contributed by atoms with Gasteiger partial charge < -0.3 is 0 Å². The van der Waals surface area contributed by atoms with Crippen molar-refractivity contribution in [2.75, 3.05) is 0 Å². The summed E-state index contributed by atoms with van der Waals surface area (Å²) in [6, 6.07) is 0. The molecule has 3 aliphatic rings. The maximum atomic E-state index is 2.47. The average Bonchev–Trinajstić information content (AvgIpc) is 2.76. The Morgan fingerprint density at radius 3 is 2.62 bits per heavy atom. The number of allylic oxidation sites excluding steroid dienone is 6. The van der Waals surface area contributed by atoms with Gasteiger partial charge in [0, 0.05) is 0 Å². The summed E-state index contributed by atoms with van der Waals surface area (Å²) in [4.78, 5) is 0. The van der Waals surface area contributed by atoms with Crippen LogP contribution in [0.4, 0.5) is 0 Å². The Kier molecular flexibility index (Phi) is 1.39. The van der Waals surface area contributed by atoms with Gasteiger partial charge in [-0.2, -0.15) is 0 Å². The van der Waals surface area contributed by atoms with E-state index in [4.69, 9.17) is 0 Å². The minimum absolute atomic E-state index is 0.568. The molecule has 0 aromatic heterocycles. The summed E-state index contributed by atoms with van der Waals surface area (Å²) in [6.45, 7) is 2.41. The Morgan fingerprint density at radius 1 is 1.08 bits per heavy atom. The fraction of sp³-hybridized carbons (Fsp3) is 0.538. The molecule has 0 aromatic carbocycles. The zero-order valence-electron chi connectivity index (χ0n) is 8.27. The first-order valence-corrected chi connectivity index (χ1v) is 5.40. The summed E-state index contributed by atoms with van der Waals surface area (Å²) in [5, 5.41) is 0. The number of hydrogen-bond acceptors (Lipinski definition) is 0. The molecule has 0 N–H and O–H groups in total. The second-order valence-corrected chi connectivity index (χ2v) is 4.81. The van der Waals surface area contributed by atoms with Gasteiger partial charge in [0.25, 0.3) is 0 Å². The molecule has 0 nitrogen and oxygen atoms in total. The molecule has 0 spiro atoms. The van der Waals surface area contributed by atoms with Crippen LogP contribution in [0.3, 0.4) is 0 Å². The highest BCUT2D eigenvalue weighted by Crippen LogP contribution is 2.57. The van der Waals surface area contributed by atoms with Crippen molar-refractivity contribution < 1.29 is 0 Å². The molecule has 0 radical (unpaired) electrons. The number of rotatable bonds is 1. The van der Waals surface area contributed by atoms with Crippen molar-refractivity contribution in [1.29, 1.82) is 0 Å². The van der Waals surface area contributed by atoms with E-state index in [2.05, 4.69) is 25.2 Å². The van der Waals surface area contributed by atoms with E-state index < -0.39 is 0 Å². The average molecular weight is 172 g/mol. The summed E-state index contributed by atoms with van der Waals surface area (Å²) >= 11 is 0. The second-order valence-electron chi connectivity index (χ2n) is 4.81. The van der Waals surface area contributed by atoms with E-state index in [1.54, 1.807) is 16.7 Å². The number of hydrogen-bond donors (Lipinski definition) is 0. The molecule has 13 heavy (non-hydrogen) atoms. The smallest absolute Gasteiger partial charge is 0.00717 e. The van der Waals surface area contributed by atoms with Crippen molar-refractivity contribution >= 4 is 0 Å². The maximum Gasteiger partial charge on any atom is -0.00717 e. The van der Waals surface area contributed by atoms with Gasteiger partial charge in [0.05, 0.1) is 0 Å². The van der Waals surface area contributed by atoms with Gasteiger partial charge in [-0.15, -0.1) is 0 Å². The zero-order valence-corrected chi connectivity index (χ0v) is 8.27. The van der Waals surface area contributed by atoms with Gasteiger partial charge in [-0.05, 0) is 54.2 Å². The lowest BCUT2D eigenvalue weighted by atomic mass is 9.89. The Hall–Kier alpha value is -0.780. The molecular weight excluding hydrogens is 156 g/mol. The lowest BCUT2D eigenvalue weighted by Crippen LogP contribution is -2.01. The van der Waals surface area contributed by atoms with Crippen molar-refractivity contribution in [3.63, 3.8) is 0 Å². The van der Waals surface area contributed by atoms with E-state index in [-0.39, 0.29) is 0 Å². The van der Waals surface area contributed by atoms with Crippen molar-refractivity contribution in [2.45, 2.75) is 39.0 Å². The highest BCUT2D eigenvalue weighted by Gasteiger charge is 2.43. The molecule has 0 heteroatoms. The highest BCUT2D eigenvalue weighted by molar-refractivity contribution is 5.58. The largest absolute Gasteiger partial charge is 0.0801 e. The predicted octanol–water partition coefficient (Wildman–Crippen LogP) is 3.76. The van der Waals surface area contributed by atoms with Gasteiger partial charge in [0.2, 0.25) is 0 Å². The standard InChI is InChI=1S/C13H16/c1-13(8-9-13)12-7-6-10-4-2-3-5-11(10)12/h4-5,7H,2-3,6,8-9H2,1H3. The van der Waals surface area contributed by atoms with Crippen LogP contribution < -0.4 is 0 Å². The molecule has 0 saturated heterocycles. The molecular formula is C13H16. The third kappa shape index (κ3) is 1.04. The van der Waals surface area contributed by atoms with Crippen molar-refractivity contribution in [3.05, 3.63) is 34.9 Å². The molecule has 1 saturated carbocycles. The maximum absolute atomic E-state index is 2.47. The molecule has 0 aromatic rings. The van der Waals surface area contributed by atoms with Gasteiger partial charge in [0.15, 0.2) is 0 Å². The van der Waals surface area contributed by atoms with Crippen LogP contribution >= 0.6 is 0 Å². The molecule has 0 bridgehead atoms. The molecule has 0 unspecified atom stereocenters. The molecule has 3 rings (SSSR count). The summed E-state index contributed by atoms with van der Waals surface area (Å²) in [7, 11) is 0. The van der Waals surface area contributed by atoms with Crippen LogP contribution in [0, 0.1) is 5.41 Å². The van der Waals surface area contributed by atoms with E-state index in [9.17, 15) is 0 Å². The molecule has 3 aliphatic carbocycles. The molecule has 1 fully saturated rings. The highest BCUT2D eigenvalue weighted by atomic mass is 14.5. The van der Waals surface area contributed by atoms with Gasteiger partial charge in [0.1, 0.15) is 0 Å². The third-order valence-electron chi connectivity index (χ3n) is 3.72. The monoisotopic (exact) mass is 172 g/mol. The van der Waals surface area contributed by atoms with Crippen molar-refractivity contribution in [3.8, 4) is 0 Å². The lowest BCUT2D eigenvalue weighted by molar-refractivity contribution is 0.702. The van der Waals surface area contributed by atoms with Crippen LogP contribution in [0.5, 0.6) is 0 Å². The summed E-state index contributed by atoms with van der Waals surface area (Å²) in [5.74, 6) is 0. The molecule has 0 amide bonds. The van der Waals surface area contributed by atoms with Gasteiger partial charge >= 0.3 is 0 Å². The Labute approximate surface area is 80.0 Å². The topological polar surface area (TPSA) is 0 Å². The number of fused-ring (bicyclic) bond motifs is 1. The van der Waals surface area contributed by atoms with E-state index in [0.29, 0.717) is 5.41 Å². The van der Waals surface area contributed by atoms with Crippen molar-refractivity contribution in [1.82, 2.24) is 0 Å². The summed E-state index contributed by atoms with van der Waals surface area (Å²) < 4.78 is 0. The normalized spacial score (nSPS) is 28.8. The van der Waals surface area contributed by atoms with E-state index >= 15 is 0 Å². The lowest BCUT2D eigenvalue weighted by Gasteiger charge is -2.16. The SMILES string of the molecule is CC1(C2=CCC3=CCCC=C32)CC1. The Morgan fingerprint density at radius 2 is 1.85 bits per heavy atom. The summed E-state index contributed by atoms with van der Waals surface area (Å²) in [6.07, 6.45) is 13.9. The fourth-order valence-corrected chi connectivity index (χ4v) is 2.55. The van der Waals surface area contributed by atoms with Crippen LogP contribution in [0.15, 0.2) is 34.9 Å². The van der Waals surface area contributed by atoms with Crippen molar-refractivity contribution in [2.24, 2.45) is 5.41 Å². The van der Waals surface area contributed by atoms with E-state index in [1.807, 2.05) is 0 Å². The predicted molar refractivity (Wildman–Crippen MR) is 55.4 cm³/mol. The van der Waals surface area contributed by atoms with Crippen LogP contribution in [-0.2, 0) is 0 Å². The van der Waals surface area contributed by atoms with Crippen LogP contribution in [0.2, 0.25) is 0 Å². The molecule has 0 atom stereocenters.